The number of nitrogens with one attached hydrogen (secondary N) is 1. The molecule has 36 heavy (non-hydrogen) atoms. The van der Waals surface area contributed by atoms with Crippen LogP contribution in [0.2, 0.25) is 0 Å². The number of rotatable bonds is 6. The molecule has 4 aromatic rings. The SMILES string of the molecule is COc1ccc2[nH]c(C(=O)N3CCC(c4nc(C)ccc4C(=O)N(C)Cc4ccco4)CC3)cc2c1. The Morgan fingerprint density at radius 2 is 1.97 bits per heavy atom. The van der Waals surface area contributed by atoms with Crippen LogP contribution in [0.25, 0.3) is 10.9 Å². The number of amides is 2. The smallest absolute Gasteiger partial charge is 0.270 e. The number of ether oxygens (including phenoxy) is 1. The molecule has 2 amide bonds. The molecular formula is C28H30N4O4. The van der Waals surface area contributed by atoms with Crippen molar-refractivity contribution in [1.29, 1.82) is 0 Å². The summed E-state index contributed by atoms with van der Waals surface area (Å²) in [6.45, 7) is 3.54. The number of aryl methyl sites for hydroxylation is 1. The van der Waals surface area contributed by atoms with Crippen molar-refractivity contribution in [1.82, 2.24) is 19.8 Å². The van der Waals surface area contributed by atoms with Gasteiger partial charge in [-0.3, -0.25) is 14.6 Å². The zero-order chi connectivity index (χ0) is 25.2. The molecule has 1 aromatic carbocycles. The Morgan fingerprint density at radius 3 is 2.69 bits per heavy atom. The molecule has 0 atom stereocenters. The van der Waals surface area contributed by atoms with Gasteiger partial charge in [-0.15, -0.1) is 0 Å². The van der Waals surface area contributed by atoms with Gasteiger partial charge in [-0.2, -0.15) is 0 Å². The van der Waals surface area contributed by atoms with E-state index in [4.69, 9.17) is 14.1 Å². The van der Waals surface area contributed by atoms with E-state index >= 15 is 0 Å². The molecule has 0 bridgehead atoms. The van der Waals surface area contributed by atoms with Gasteiger partial charge >= 0.3 is 0 Å². The standard InChI is InChI=1S/C28H30N4O4/c1-18-6-8-23(27(33)31(2)17-22-5-4-14-36-22)26(29-18)19-10-12-32(13-11-19)28(34)25-16-20-15-21(35-3)7-9-24(20)30-25/h4-9,14-16,19,30H,10-13,17H2,1-3H3. The van der Waals surface area contributed by atoms with E-state index in [-0.39, 0.29) is 17.7 Å². The van der Waals surface area contributed by atoms with E-state index in [1.807, 2.05) is 60.4 Å². The van der Waals surface area contributed by atoms with Crippen molar-refractivity contribution in [3.05, 3.63) is 83.2 Å². The lowest BCUT2D eigenvalue weighted by Gasteiger charge is -2.32. The molecule has 5 rings (SSSR count). The van der Waals surface area contributed by atoms with E-state index in [1.165, 1.54) is 0 Å². The van der Waals surface area contributed by atoms with E-state index in [1.54, 1.807) is 25.3 Å². The number of aromatic amines is 1. The number of likely N-dealkylation sites (tertiary alicyclic amines) is 1. The highest BCUT2D eigenvalue weighted by Crippen LogP contribution is 2.31. The highest BCUT2D eigenvalue weighted by atomic mass is 16.5. The number of carbonyl (C=O) groups is 2. The molecule has 0 aliphatic carbocycles. The molecule has 1 saturated heterocycles. The van der Waals surface area contributed by atoms with Crippen molar-refractivity contribution in [3.63, 3.8) is 0 Å². The fraction of sp³-hybridized carbons (Fsp3) is 0.321. The van der Waals surface area contributed by atoms with Crippen molar-refractivity contribution in [2.24, 2.45) is 0 Å². The first-order valence-electron chi connectivity index (χ1n) is 12.1. The van der Waals surface area contributed by atoms with Crippen LogP contribution in [0.15, 0.2) is 59.2 Å². The molecule has 4 heterocycles. The number of benzene rings is 1. The molecule has 0 unspecified atom stereocenters. The number of pyridine rings is 1. The minimum absolute atomic E-state index is 0.0182. The predicted molar refractivity (Wildman–Crippen MR) is 136 cm³/mol. The van der Waals surface area contributed by atoms with Gasteiger partial charge < -0.3 is 23.9 Å². The van der Waals surface area contributed by atoms with E-state index in [9.17, 15) is 9.59 Å². The first-order valence-corrected chi connectivity index (χ1v) is 12.1. The topological polar surface area (TPSA) is 91.7 Å². The molecule has 0 radical (unpaired) electrons. The Balaban J connectivity index is 1.29. The maximum Gasteiger partial charge on any atom is 0.270 e. The Kier molecular flexibility index (Phi) is 6.50. The molecule has 1 aliphatic rings. The summed E-state index contributed by atoms with van der Waals surface area (Å²) in [7, 11) is 3.40. The number of fused-ring (bicyclic) bond motifs is 1. The van der Waals surface area contributed by atoms with Crippen LogP contribution in [-0.4, -0.2) is 58.8 Å². The lowest BCUT2D eigenvalue weighted by Crippen LogP contribution is -2.38. The largest absolute Gasteiger partial charge is 0.497 e. The van der Waals surface area contributed by atoms with Crippen LogP contribution in [0.1, 0.15) is 56.8 Å². The number of nitrogens with zero attached hydrogens (tertiary/aromatic N) is 3. The van der Waals surface area contributed by atoms with Gasteiger partial charge in [-0.1, -0.05) is 0 Å². The van der Waals surface area contributed by atoms with Crippen LogP contribution in [0.5, 0.6) is 5.75 Å². The third-order valence-electron chi connectivity index (χ3n) is 6.84. The normalized spacial score (nSPS) is 14.2. The first-order chi connectivity index (χ1) is 17.4. The lowest BCUT2D eigenvalue weighted by molar-refractivity contribution is 0.0701. The highest BCUT2D eigenvalue weighted by molar-refractivity contribution is 5.98. The Bertz CT molecular complexity index is 1380. The number of methoxy groups -OCH3 is 1. The number of furan rings is 1. The average molecular weight is 487 g/mol. The summed E-state index contributed by atoms with van der Waals surface area (Å²) in [5, 5.41) is 0.943. The van der Waals surface area contributed by atoms with Crippen molar-refractivity contribution in [2.45, 2.75) is 32.2 Å². The second-order valence-electron chi connectivity index (χ2n) is 9.33. The van der Waals surface area contributed by atoms with Crippen LogP contribution >= 0.6 is 0 Å². The molecule has 186 valence electrons. The second-order valence-corrected chi connectivity index (χ2v) is 9.33. The first kappa shape index (κ1) is 23.7. The van der Waals surface area contributed by atoms with Crippen LogP contribution in [0.4, 0.5) is 0 Å². The molecule has 8 heteroatoms. The summed E-state index contributed by atoms with van der Waals surface area (Å²) in [4.78, 5) is 38.1. The van der Waals surface area contributed by atoms with Gasteiger partial charge in [0.1, 0.15) is 17.2 Å². The number of hydrogen-bond donors (Lipinski definition) is 1. The fourth-order valence-corrected chi connectivity index (χ4v) is 4.86. The third kappa shape index (κ3) is 4.71. The minimum atomic E-state index is -0.0825. The van der Waals surface area contributed by atoms with Crippen LogP contribution < -0.4 is 4.74 Å². The van der Waals surface area contributed by atoms with E-state index < -0.39 is 0 Å². The van der Waals surface area contributed by atoms with Gasteiger partial charge in [-0.05, 0) is 68.3 Å². The van der Waals surface area contributed by atoms with Gasteiger partial charge in [0.25, 0.3) is 11.8 Å². The molecule has 1 fully saturated rings. The molecule has 8 nitrogen and oxygen atoms in total. The molecular weight excluding hydrogens is 456 g/mol. The molecule has 0 saturated carbocycles. The highest BCUT2D eigenvalue weighted by Gasteiger charge is 2.29. The number of piperidine rings is 1. The second kappa shape index (κ2) is 9.89. The van der Waals surface area contributed by atoms with Crippen molar-refractivity contribution >= 4 is 22.7 Å². The maximum absolute atomic E-state index is 13.3. The number of hydrogen-bond acceptors (Lipinski definition) is 5. The van der Waals surface area contributed by atoms with Crippen LogP contribution in [0, 0.1) is 6.92 Å². The van der Waals surface area contributed by atoms with Gasteiger partial charge in [0, 0.05) is 42.7 Å². The van der Waals surface area contributed by atoms with E-state index in [0.29, 0.717) is 30.9 Å². The van der Waals surface area contributed by atoms with E-state index in [2.05, 4.69) is 4.98 Å². The number of aromatic nitrogens is 2. The van der Waals surface area contributed by atoms with Gasteiger partial charge in [0.05, 0.1) is 31.2 Å². The van der Waals surface area contributed by atoms with Crippen molar-refractivity contribution < 1.29 is 18.7 Å². The zero-order valence-electron chi connectivity index (χ0n) is 20.8. The average Bonchev–Trinajstić information content (AvgIpc) is 3.57. The lowest BCUT2D eigenvalue weighted by atomic mass is 9.89. The summed E-state index contributed by atoms with van der Waals surface area (Å²) in [6.07, 6.45) is 3.10. The molecule has 0 spiro atoms. The fourth-order valence-electron chi connectivity index (χ4n) is 4.86. The third-order valence-corrected chi connectivity index (χ3v) is 6.84. The monoisotopic (exact) mass is 486 g/mol. The minimum Gasteiger partial charge on any atom is -0.497 e. The molecule has 3 aromatic heterocycles. The Labute approximate surface area is 209 Å². The summed E-state index contributed by atoms with van der Waals surface area (Å²) in [6, 6.07) is 15.0. The summed E-state index contributed by atoms with van der Waals surface area (Å²) in [5.74, 6) is 1.50. The van der Waals surface area contributed by atoms with E-state index in [0.717, 1.165) is 46.6 Å². The zero-order valence-corrected chi connectivity index (χ0v) is 20.8. The Hall–Kier alpha value is -4.07. The number of H-pyrrole nitrogens is 1. The molecule has 1 aliphatic heterocycles. The van der Waals surface area contributed by atoms with Crippen LogP contribution in [0.3, 0.4) is 0 Å². The van der Waals surface area contributed by atoms with Gasteiger partial charge in [0.15, 0.2) is 0 Å². The maximum atomic E-state index is 13.3. The Morgan fingerprint density at radius 1 is 1.17 bits per heavy atom. The summed E-state index contributed by atoms with van der Waals surface area (Å²) < 4.78 is 10.7. The van der Waals surface area contributed by atoms with Gasteiger partial charge in [-0.25, -0.2) is 0 Å². The summed E-state index contributed by atoms with van der Waals surface area (Å²) >= 11 is 0. The van der Waals surface area contributed by atoms with Crippen molar-refractivity contribution in [3.8, 4) is 5.75 Å². The molecule has 1 N–H and O–H groups in total. The number of carbonyl (C=O) groups excluding carboxylic acids is 2. The quantitative estimate of drug-likeness (QED) is 0.424. The summed E-state index contributed by atoms with van der Waals surface area (Å²) in [5.41, 5.74) is 3.78. The van der Waals surface area contributed by atoms with Crippen molar-refractivity contribution in [2.75, 3.05) is 27.2 Å². The predicted octanol–water partition coefficient (Wildman–Crippen LogP) is 4.76. The van der Waals surface area contributed by atoms with Gasteiger partial charge in [0.2, 0.25) is 0 Å². The van der Waals surface area contributed by atoms with Crippen LogP contribution in [-0.2, 0) is 6.54 Å².